The summed E-state index contributed by atoms with van der Waals surface area (Å²) in [5.74, 6) is -0.0276. The van der Waals surface area contributed by atoms with Crippen LogP contribution >= 0.6 is 0 Å². The summed E-state index contributed by atoms with van der Waals surface area (Å²) in [6.45, 7) is 0.631. The minimum Gasteiger partial charge on any atom is -0.341 e. The van der Waals surface area contributed by atoms with Crippen molar-refractivity contribution >= 4 is 21.7 Å². The van der Waals surface area contributed by atoms with E-state index in [1.54, 1.807) is 12.1 Å². The first-order valence-corrected chi connectivity index (χ1v) is 9.75. The number of carbonyl (C=O) groups is 1. The van der Waals surface area contributed by atoms with Crippen molar-refractivity contribution in [2.24, 2.45) is 5.73 Å². The molecule has 0 spiro atoms. The smallest absolute Gasteiger partial charge is 0.318 e. The summed E-state index contributed by atoms with van der Waals surface area (Å²) in [5, 5.41) is 5.03. The molecule has 1 aliphatic rings. The molecule has 1 saturated heterocycles. The molecule has 26 heavy (non-hydrogen) atoms. The Hall–Kier alpha value is -2.42. The van der Waals surface area contributed by atoms with E-state index >= 15 is 0 Å². The minimum absolute atomic E-state index is 0.0276. The summed E-state index contributed by atoms with van der Waals surface area (Å²) in [6, 6.07) is 15.2. The number of amides is 2. The molecule has 1 heterocycles. The Balaban J connectivity index is 1.77. The number of anilines is 1. The van der Waals surface area contributed by atoms with Gasteiger partial charge in [0, 0.05) is 37.8 Å². The van der Waals surface area contributed by atoms with Crippen LogP contribution in [-0.2, 0) is 10.0 Å². The molecular weight excluding hydrogens is 352 g/mol. The maximum atomic E-state index is 12.9. The van der Waals surface area contributed by atoms with Gasteiger partial charge < -0.3 is 16.4 Å². The molecule has 0 unspecified atom stereocenters. The van der Waals surface area contributed by atoms with Gasteiger partial charge in [0.2, 0.25) is 10.0 Å². The van der Waals surface area contributed by atoms with Crippen molar-refractivity contribution in [3.05, 3.63) is 60.2 Å². The molecule has 0 radical (unpaired) electrons. The lowest BCUT2D eigenvalue weighted by molar-refractivity contribution is 0.254. The molecular formula is C18H22N4O3S. The third-order valence-electron chi connectivity index (χ3n) is 4.54. The first-order chi connectivity index (χ1) is 12.4. The van der Waals surface area contributed by atoms with Crippen LogP contribution in [0.15, 0.2) is 59.5 Å². The van der Waals surface area contributed by atoms with Gasteiger partial charge in [0.15, 0.2) is 0 Å². The maximum absolute atomic E-state index is 12.9. The third-order valence-corrected chi connectivity index (χ3v) is 6.38. The van der Waals surface area contributed by atoms with E-state index in [1.165, 1.54) is 23.5 Å². The quantitative estimate of drug-likeness (QED) is 0.755. The highest BCUT2D eigenvalue weighted by Crippen LogP contribution is 2.30. The lowest BCUT2D eigenvalue weighted by atomic mass is 9.95. The molecule has 7 nitrogen and oxygen atoms in total. The van der Waals surface area contributed by atoms with Crippen molar-refractivity contribution in [3.63, 3.8) is 0 Å². The molecule has 2 aromatic carbocycles. The molecule has 0 aromatic heterocycles. The highest BCUT2D eigenvalue weighted by molar-refractivity contribution is 7.89. The summed E-state index contributed by atoms with van der Waals surface area (Å²) >= 11 is 0. The van der Waals surface area contributed by atoms with Gasteiger partial charge in [-0.25, -0.2) is 13.2 Å². The zero-order valence-corrected chi connectivity index (χ0v) is 15.2. The average Bonchev–Trinajstić information content (AvgIpc) is 3.05. The Morgan fingerprint density at radius 3 is 2.35 bits per heavy atom. The lowest BCUT2D eigenvalue weighted by Crippen LogP contribution is -2.32. The number of nitrogens with one attached hydrogen (secondary N) is 2. The van der Waals surface area contributed by atoms with Gasteiger partial charge >= 0.3 is 6.03 Å². The van der Waals surface area contributed by atoms with Gasteiger partial charge in [-0.3, -0.25) is 0 Å². The molecule has 4 N–H and O–H groups in total. The van der Waals surface area contributed by atoms with Crippen LogP contribution < -0.4 is 16.4 Å². The van der Waals surface area contributed by atoms with E-state index in [4.69, 9.17) is 5.73 Å². The summed E-state index contributed by atoms with van der Waals surface area (Å²) in [5.41, 5.74) is 7.77. The second-order valence-electron chi connectivity index (χ2n) is 6.23. The topological polar surface area (TPSA) is 105 Å². The van der Waals surface area contributed by atoms with Gasteiger partial charge in [0.1, 0.15) is 0 Å². The highest BCUT2D eigenvalue weighted by Gasteiger charge is 2.38. The molecule has 138 valence electrons. The van der Waals surface area contributed by atoms with E-state index < -0.39 is 10.0 Å². The van der Waals surface area contributed by atoms with Gasteiger partial charge in [0.25, 0.3) is 0 Å². The summed E-state index contributed by atoms with van der Waals surface area (Å²) in [6.07, 6.45) is 0. The number of sulfonamides is 1. The molecule has 1 fully saturated rings. The van der Waals surface area contributed by atoms with E-state index in [1.807, 2.05) is 30.3 Å². The van der Waals surface area contributed by atoms with Crippen LogP contribution in [-0.4, -0.2) is 44.9 Å². The van der Waals surface area contributed by atoms with E-state index in [9.17, 15) is 13.2 Å². The third kappa shape index (κ3) is 3.72. The van der Waals surface area contributed by atoms with Crippen molar-refractivity contribution in [1.29, 1.82) is 0 Å². The predicted molar refractivity (Wildman–Crippen MR) is 100 cm³/mol. The van der Waals surface area contributed by atoms with Crippen LogP contribution in [0.4, 0.5) is 10.5 Å². The van der Waals surface area contributed by atoms with Gasteiger partial charge in [0.05, 0.1) is 4.90 Å². The number of benzene rings is 2. The van der Waals surface area contributed by atoms with Crippen LogP contribution in [0, 0.1) is 0 Å². The van der Waals surface area contributed by atoms with Crippen molar-refractivity contribution < 1.29 is 13.2 Å². The van der Waals surface area contributed by atoms with Crippen molar-refractivity contribution in [2.75, 3.05) is 25.5 Å². The number of carbonyl (C=O) groups excluding carboxylic acids is 1. The lowest BCUT2D eigenvalue weighted by Gasteiger charge is -2.17. The molecule has 2 atom stereocenters. The first kappa shape index (κ1) is 18.4. The number of hydrogen-bond donors (Lipinski definition) is 3. The van der Waals surface area contributed by atoms with Crippen LogP contribution in [0.2, 0.25) is 0 Å². The monoisotopic (exact) mass is 374 g/mol. The fourth-order valence-electron chi connectivity index (χ4n) is 3.09. The van der Waals surface area contributed by atoms with E-state index in [-0.39, 0.29) is 29.4 Å². The van der Waals surface area contributed by atoms with Gasteiger partial charge in [-0.05, 0) is 29.8 Å². The van der Waals surface area contributed by atoms with Crippen molar-refractivity contribution in [2.45, 2.75) is 16.9 Å². The van der Waals surface area contributed by atoms with Gasteiger partial charge in [-0.15, -0.1) is 0 Å². The van der Waals surface area contributed by atoms with E-state index in [0.29, 0.717) is 12.2 Å². The van der Waals surface area contributed by atoms with Gasteiger partial charge in [-0.1, -0.05) is 30.3 Å². The van der Waals surface area contributed by atoms with Crippen LogP contribution in [0.5, 0.6) is 0 Å². The number of rotatable bonds is 4. The largest absolute Gasteiger partial charge is 0.341 e. The summed E-state index contributed by atoms with van der Waals surface area (Å²) < 4.78 is 27.3. The first-order valence-electron chi connectivity index (χ1n) is 8.31. The Bertz CT molecular complexity index is 869. The summed E-state index contributed by atoms with van der Waals surface area (Å²) in [4.78, 5) is 11.5. The Labute approximate surface area is 153 Å². The number of urea groups is 1. The zero-order chi connectivity index (χ0) is 18.7. The Morgan fingerprint density at radius 2 is 1.73 bits per heavy atom. The summed E-state index contributed by atoms with van der Waals surface area (Å²) in [7, 11) is -2.13. The SMILES string of the molecule is CNC(=O)Nc1ccc(S(=O)(=O)N2C[C@@H](N)[C@H](c3ccccc3)C2)cc1. The molecule has 0 saturated carbocycles. The second kappa shape index (κ2) is 7.45. The van der Waals surface area contributed by atoms with Crippen LogP contribution in [0.25, 0.3) is 0 Å². The van der Waals surface area contributed by atoms with Crippen LogP contribution in [0.1, 0.15) is 11.5 Å². The van der Waals surface area contributed by atoms with E-state index in [0.717, 1.165) is 5.56 Å². The predicted octanol–water partition coefficient (Wildman–Crippen LogP) is 1.55. The molecule has 0 bridgehead atoms. The zero-order valence-electron chi connectivity index (χ0n) is 14.4. The molecule has 3 rings (SSSR count). The fourth-order valence-corrected chi connectivity index (χ4v) is 4.60. The number of nitrogens with zero attached hydrogens (tertiary/aromatic N) is 1. The average molecular weight is 374 g/mol. The van der Waals surface area contributed by atoms with E-state index in [2.05, 4.69) is 10.6 Å². The van der Waals surface area contributed by atoms with Gasteiger partial charge in [-0.2, -0.15) is 4.31 Å². The molecule has 1 aliphatic heterocycles. The highest BCUT2D eigenvalue weighted by atomic mass is 32.2. The Kier molecular flexibility index (Phi) is 5.26. The molecule has 8 heteroatoms. The number of hydrogen-bond acceptors (Lipinski definition) is 4. The van der Waals surface area contributed by atoms with Crippen molar-refractivity contribution in [3.8, 4) is 0 Å². The fraction of sp³-hybridized carbons (Fsp3) is 0.278. The number of nitrogens with two attached hydrogens (primary N) is 1. The second-order valence-corrected chi connectivity index (χ2v) is 8.17. The molecule has 0 aliphatic carbocycles. The standard InChI is InChI=1S/C18H22N4O3S/c1-20-18(23)21-14-7-9-15(10-8-14)26(24,25)22-11-16(17(19)12-22)13-5-3-2-4-6-13/h2-10,16-17H,11-12,19H2,1H3,(H2,20,21,23)/t16-,17+/m0/s1. The normalized spacial score (nSPS) is 20.7. The van der Waals surface area contributed by atoms with Crippen molar-refractivity contribution in [1.82, 2.24) is 9.62 Å². The Morgan fingerprint density at radius 1 is 1.08 bits per heavy atom. The maximum Gasteiger partial charge on any atom is 0.318 e. The molecule has 2 amide bonds. The molecule has 2 aromatic rings. The van der Waals surface area contributed by atoms with Crippen LogP contribution in [0.3, 0.4) is 0 Å². The minimum atomic E-state index is -3.64.